The lowest BCUT2D eigenvalue weighted by atomic mass is 10.0. The Labute approximate surface area is 108 Å². The normalized spacial score (nSPS) is 18.1. The molecule has 0 aromatic rings. The van der Waals surface area contributed by atoms with E-state index in [1.807, 2.05) is 6.92 Å². The average molecular weight is 256 g/mol. The topological polar surface area (TPSA) is 92.4 Å². The number of carbonyl (C=O) groups is 2. The van der Waals surface area contributed by atoms with E-state index in [1.54, 1.807) is 0 Å². The number of nitrogens with two attached hydrogens (primary N) is 1. The van der Waals surface area contributed by atoms with Crippen molar-refractivity contribution in [3.8, 4) is 0 Å². The highest BCUT2D eigenvalue weighted by molar-refractivity contribution is 5.76. The fourth-order valence-electron chi connectivity index (χ4n) is 1.95. The summed E-state index contributed by atoms with van der Waals surface area (Å²) in [6, 6.07) is 0.00874. The molecule has 2 unspecified atom stereocenters. The van der Waals surface area contributed by atoms with Gasteiger partial charge in [0.05, 0.1) is 0 Å². The number of hydrogen-bond acceptors (Lipinski definition) is 3. The lowest BCUT2D eigenvalue weighted by Gasteiger charge is -2.13. The zero-order valence-electron chi connectivity index (χ0n) is 11.0. The Morgan fingerprint density at radius 3 is 2.61 bits per heavy atom. The predicted octanol–water partition coefficient (Wildman–Crippen LogP) is 1.12. The maximum absolute atomic E-state index is 11.5. The molecule has 1 saturated carbocycles. The first kappa shape index (κ1) is 15.0. The van der Waals surface area contributed by atoms with Crippen molar-refractivity contribution >= 4 is 11.9 Å². The Morgan fingerprint density at radius 1 is 1.39 bits per heavy atom. The minimum Gasteiger partial charge on any atom is -0.481 e. The molecule has 0 aliphatic heterocycles. The van der Waals surface area contributed by atoms with Crippen LogP contribution >= 0.6 is 0 Å². The van der Waals surface area contributed by atoms with E-state index in [0.29, 0.717) is 31.2 Å². The average Bonchev–Trinajstić information content (AvgIpc) is 3.09. The summed E-state index contributed by atoms with van der Waals surface area (Å²) in [4.78, 5) is 21.9. The molecule has 0 heterocycles. The molecule has 2 atom stereocenters. The number of hydrogen-bond donors (Lipinski definition) is 3. The molecule has 0 radical (unpaired) electrons. The Bertz CT molecular complexity index is 290. The predicted molar refractivity (Wildman–Crippen MR) is 69.0 cm³/mol. The van der Waals surface area contributed by atoms with Crippen LogP contribution < -0.4 is 11.1 Å². The second-order valence-corrected chi connectivity index (χ2v) is 5.38. The number of carbonyl (C=O) groups excluding carboxylic acids is 1. The van der Waals surface area contributed by atoms with Gasteiger partial charge in [-0.2, -0.15) is 0 Å². The number of carboxylic acids is 1. The number of rotatable bonds is 9. The van der Waals surface area contributed by atoms with Gasteiger partial charge in [0, 0.05) is 25.4 Å². The Balaban J connectivity index is 2.01. The first-order valence-corrected chi connectivity index (χ1v) is 6.73. The first-order valence-electron chi connectivity index (χ1n) is 6.73. The van der Waals surface area contributed by atoms with Gasteiger partial charge in [-0.25, -0.2) is 0 Å². The van der Waals surface area contributed by atoms with Crippen molar-refractivity contribution in [3.05, 3.63) is 0 Å². The van der Waals surface area contributed by atoms with Gasteiger partial charge in [0.1, 0.15) is 0 Å². The van der Waals surface area contributed by atoms with Crippen molar-refractivity contribution in [3.63, 3.8) is 0 Å². The second kappa shape index (κ2) is 7.36. The summed E-state index contributed by atoms with van der Waals surface area (Å²) >= 11 is 0. The maximum Gasteiger partial charge on any atom is 0.303 e. The van der Waals surface area contributed by atoms with Gasteiger partial charge in [-0.05, 0) is 37.5 Å². The molecule has 18 heavy (non-hydrogen) atoms. The Morgan fingerprint density at radius 2 is 2.06 bits per heavy atom. The quantitative estimate of drug-likeness (QED) is 0.576. The third kappa shape index (κ3) is 6.59. The zero-order chi connectivity index (χ0) is 13.5. The third-order valence-electron chi connectivity index (χ3n) is 3.46. The van der Waals surface area contributed by atoms with Crippen LogP contribution in [0.15, 0.2) is 0 Å². The molecular formula is C13H24N2O3. The zero-order valence-corrected chi connectivity index (χ0v) is 11.0. The Hall–Kier alpha value is -1.10. The summed E-state index contributed by atoms with van der Waals surface area (Å²) < 4.78 is 0. The van der Waals surface area contributed by atoms with Crippen LogP contribution in [0.2, 0.25) is 0 Å². The van der Waals surface area contributed by atoms with Gasteiger partial charge in [0.25, 0.3) is 0 Å². The molecule has 1 aliphatic rings. The van der Waals surface area contributed by atoms with E-state index in [-0.39, 0.29) is 18.4 Å². The molecule has 0 spiro atoms. The molecular weight excluding hydrogens is 232 g/mol. The summed E-state index contributed by atoms with van der Waals surface area (Å²) in [6.45, 7) is 2.61. The van der Waals surface area contributed by atoms with Crippen molar-refractivity contribution in [1.29, 1.82) is 0 Å². The standard InChI is InChI=1S/C13H24N2O3/c1-9(2-5-13(17)18)6-7-15-12(16)8-11(14)10-3-4-10/h9-11H,2-8,14H2,1H3,(H,15,16)(H,17,18). The van der Waals surface area contributed by atoms with Gasteiger partial charge in [-0.15, -0.1) is 0 Å². The molecule has 0 aromatic carbocycles. The highest BCUT2D eigenvalue weighted by atomic mass is 16.4. The van der Waals surface area contributed by atoms with E-state index in [4.69, 9.17) is 10.8 Å². The minimum absolute atomic E-state index is 0.00874. The van der Waals surface area contributed by atoms with Crippen LogP contribution in [0.5, 0.6) is 0 Å². The van der Waals surface area contributed by atoms with Crippen molar-refractivity contribution in [2.24, 2.45) is 17.6 Å². The highest BCUT2D eigenvalue weighted by Crippen LogP contribution is 2.32. The molecule has 1 rings (SSSR count). The molecule has 1 aliphatic carbocycles. The van der Waals surface area contributed by atoms with Crippen LogP contribution in [0.25, 0.3) is 0 Å². The number of nitrogens with one attached hydrogen (secondary N) is 1. The van der Waals surface area contributed by atoms with Gasteiger partial charge >= 0.3 is 5.97 Å². The maximum atomic E-state index is 11.5. The van der Waals surface area contributed by atoms with E-state index in [0.717, 1.165) is 19.3 Å². The van der Waals surface area contributed by atoms with Gasteiger partial charge < -0.3 is 16.2 Å². The molecule has 5 nitrogen and oxygen atoms in total. The Kier molecular flexibility index (Phi) is 6.12. The largest absolute Gasteiger partial charge is 0.481 e. The van der Waals surface area contributed by atoms with Gasteiger partial charge in [0.2, 0.25) is 5.91 Å². The van der Waals surface area contributed by atoms with E-state index < -0.39 is 5.97 Å². The molecule has 1 fully saturated rings. The van der Waals surface area contributed by atoms with E-state index >= 15 is 0 Å². The monoisotopic (exact) mass is 256 g/mol. The van der Waals surface area contributed by atoms with Crippen LogP contribution in [0.3, 0.4) is 0 Å². The van der Waals surface area contributed by atoms with E-state index in [2.05, 4.69) is 5.32 Å². The highest BCUT2D eigenvalue weighted by Gasteiger charge is 2.29. The smallest absolute Gasteiger partial charge is 0.303 e. The van der Waals surface area contributed by atoms with Crippen LogP contribution in [0.4, 0.5) is 0 Å². The minimum atomic E-state index is -0.763. The summed E-state index contributed by atoms with van der Waals surface area (Å²) in [6.07, 6.45) is 4.39. The molecule has 104 valence electrons. The lowest BCUT2D eigenvalue weighted by molar-refractivity contribution is -0.137. The summed E-state index contributed by atoms with van der Waals surface area (Å²) in [5.74, 6) is 0.116. The number of carboxylic acid groups (broad SMARTS) is 1. The van der Waals surface area contributed by atoms with Crippen molar-refractivity contribution in [2.75, 3.05) is 6.54 Å². The molecule has 5 heteroatoms. The van der Waals surface area contributed by atoms with Crippen molar-refractivity contribution in [2.45, 2.75) is 51.5 Å². The van der Waals surface area contributed by atoms with E-state index in [9.17, 15) is 9.59 Å². The van der Waals surface area contributed by atoms with Crippen molar-refractivity contribution in [1.82, 2.24) is 5.32 Å². The molecule has 0 bridgehead atoms. The molecule has 0 saturated heterocycles. The van der Waals surface area contributed by atoms with Crippen LogP contribution in [-0.4, -0.2) is 29.6 Å². The van der Waals surface area contributed by atoms with Crippen LogP contribution in [-0.2, 0) is 9.59 Å². The fourth-order valence-corrected chi connectivity index (χ4v) is 1.95. The van der Waals surface area contributed by atoms with Gasteiger partial charge in [0.15, 0.2) is 0 Å². The first-order chi connectivity index (χ1) is 8.49. The van der Waals surface area contributed by atoms with Gasteiger partial charge in [-0.1, -0.05) is 6.92 Å². The van der Waals surface area contributed by atoms with Crippen LogP contribution in [0.1, 0.15) is 45.4 Å². The van der Waals surface area contributed by atoms with Crippen molar-refractivity contribution < 1.29 is 14.7 Å². The summed E-state index contributed by atoms with van der Waals surface area (Å²) in [7, 11) is 0. The summed E-state index contributed by atoms with van der Waals surface area (Å²) in [5.41, 5.74) is 5.87. The second-order valence-electron chi connectivity index (χ2n) is 5.38. The number of aliphatic carboxylic acids is 1. The lowest BCUT2D eigenvalue weighted by Crippen LogP contribution is -2.33. The van der Waals surface area contributed by atoms with E-state index in [1.165, 1.54) is 0 Å². The fraction of sp³-hybridized carbons (Fsp3) is 0.846. The SMILES string of the molecule is CC(CCNC(=O)CC(N)C1CC1)CCC(=O)O. The number of amides is 1. The molecule has 1 amide bonds. The summed E-state index contributed by atoms with van der Waals surface area (Å²) in [5, 5.41) is 11.4. The molecule has 4 N–H and O–H groups in total. The van der Waals surface area contributed by atoms with Crippen LogP contribution in [0, 0.1) is 11.8 Å². The molecule has 0 aromatic heterocycles. The van der Waals surface area contributed by atoms with Gasteiger partial charge in [-0.3, -0.25) is 9.59 Å². The third-order valence-corrected chi connectivity index (χ3v) is 3.46.